The van der Waals surface area contributed by atoms with E-state index in [1.54, 1.807) is 12.1 Å². The first-order chi connectivity index (χ1) is 11.1. The molecule has 3 N–H and O–H groups in total. The van der Waals surface area contributed by atoms with Crippen molar-refractivity contribution in [1.29, 1.82) is 0 Å². The van der Waals surface area contributed by atoms with Crippen molar-refractivity contribution in [2.75, 3.05) is 10.6 Å². The topological polar surface area (TPSA) is 73.7 Å². The first-order valence-corrected chi connectivity index (χ1v) is 7.49. The quantitative estimate of drug-likeness (QED) is 0.384. The van der Waals surface area contributed by atoms with E-state index in [-0.39, 0.29) is 5.91 Å². The predicted octanol–water partition coefficient (Wildman–Crippen LogP) is 3.96. The van der Waals surface area contributed by atoms with Crippen molar-refractivity contribution >= 4 is 51.8 Å². The Morgan fingerprint density at radius 2 is 1.70 bits per heavy atom. The summed E-state index contributed by atoms with van der Waals surface area (Å²) in [5, 5.41) is 19.4. The SMILES string of the molecule is O=C1Nc2cc(Cl)c(Cl)cc2/C1=C1/Nc2ccccc2/C1=N\O. The van der Waals surface area contributed by atoms with E-state index in [0.717, 1.165) is 11.3 Å². The number of anilines is 2. The van der Waals surface area contributed by atoms with Crippen LogP contribution >= 0.6 is 23.2 Å². The number of para-hydroxylation sites is 1. The van der Waals surface area contributed by atoms with Gasteiger partial charge in [0.15, 0.2) is 0 Å². The molecule has 2 aromatic carbocycles. The highest BCUT2D eigenvalue weighted by Gasteiger charge is 2.34. The number of carbonyl (C=O) groups is 1. The highest BCUT2D eigenvalue weighted by atomic mass is 35.5. The number of halogens is 2. The fraction of sp³-hybridized carbons (Fsp3) is 0. The van der Waals surface area contributed by atoms with Crippen LogP contribution in [-0.2, 0) is 4.79 Å². The largest absolute Gasteiger partial charge is 0.410 e. The molecule has 5 nitrogen and oxygen atoms in total. The number of rotatable bonds is 0. The van der Waals surface area contributed by atoms with Crippen LogP contribution in [0.5, 0.6) is 0 Å². The average Bonchev–Trinajstić information content (AvgIpc) is 3.04. The van der Waals surface area contributed by atoms with Crippen molar-refractivity contribution in [3.05, 3.63) is 63.3 Å². The van der Waals surface area contributed by atoms with Crippen LogP contribution in [0.1, 0.15) is 11.1 Å². The Morgan fingerprint density at radius 1 is 0.957 bits per heavy atom. The highest BCUT2D eigenvalue weighted by Crippen LogP contribution is 2.41. The van der Waals surface area contributed by atoms with Gasteiger partial charge in [-0.1, -0.05) is 46.6 Å². The molecule has 0 bridgehead atoms. The molecule has 0 aliphatic carbocycles. The number of fused-ring (bicyclic) bond motifs is 2. The van der Waals surface area contributed by atoms with Crippen LogP contribution in [0.3, 0.4) is 0 Å². The molecule has 2 aliphatic rings. The van der Waals surface area contributed by atoms with Crippen LogP contribution in [0.2, 0.25) is 10.0 Å². The minimum Gasteiger partial charge on any atom is -0.410 e. The van der Waals surface area contributed by atoms with Gasteiger partial charge in [0.25, 0.3) is 5.91 Å². The smallest absolute Gasteiger partial charge is 0.258 e. The van der Waals surface area contributed by atoms with E-state index in [9.17, 15) is 10.0 Å². The van der Waals surface area contributed by atoms with E-state index in [4.69, 9.17) is 23.2 Å². The Kier molecular flexibility index (Phi) is 3.07. The molecule has 1 amide bonds. The first-order valence-electron chi connectivity index (χ1n) is 6.74. The number of hydrogen-bond acceptors (Lipinski definition) is 4. The number of nitrogens with one attached hydrogen (secondary N) is 2. The number of allylic oxidation sites excluding steroid dienone is 1. The third kappa shape index (κ3) is 2.01. The minimum absolute atomic E-state index is 0.310. The third-order valence-electron chi connectivity index (χ3n) is 3.83. The lowest BCUT2D eigenvalue weighted by atomic mass is 10.0. The molecule has 2 heterocycles. The van der Waals surface area contributed by atoms with Crippen molar-refractivity contribution in [2.45, 2.75) is 0 Å². The number of nitrogens with zero attached hydrogens (tertiary/aromatic N) is 1. The zero-order chi connectivity index (χ0) is 16.1. The summed E-state index contributed by atoms with van der Waals surface area (Å²) in [5.41, 5.74) is 3.78. The molecule has 2 aliphatic heterocycles. The van der Waals surface area contributed by atoms with E-state index >= 15 is 0 Å². The summed E-state index contributed by atoms with van der Waals surface area (Å²) >= 11 is 12.1. The van der Waals surface area contributed by atoms with Crippen LogP contribution in [-0.4, -0.2) is 16.8 Å². The number of benzene rings is 2. The van der Waals surface area contributed by atoms with Gasteiger partial charge >= 0.3 is 0 Å². The molecule has 0 saturated carbocycles. The molecule has 0 unspecified atom stereocenters. The zero-order valence-corrected chi connectivity index (χ0v) is 13.0. The van der Waals surface area contributed by atoms with Gasteiger partial charge < -0.3 is 15.8 Å². The Balaban J connectivity index is 1.97. The third-order valence-corrected chi connectivity index (χ3v) is 4.56. The number of hydrogen-bond donors (Lipinski definition) is 3. The number of oxime groups is 1. The van der Waals surface area contributed by atoms with Crippen molar-refractivity contribution in [3.8, 4) is 0 Å². The van der Waals surface area contributed by atoms with Crippen LogP contribution < -0.4 is 10.6 Å². The fourth-order valence-corrected chi connectivity index (χ4v) is 3.15. The zero-order valence-electron chi connectivity index (χ0n) is 11.5. The minimum atomic E-state index is -0.310. The lowest BCUT2D eigenvalue weighted by Gasteiger charge is -2.06. The van der Waals surface area contributed by atoms with Gasteiger partial charge in [0.05, 0.1) is 27.0 Å². The summed E-state index contributed by atoms with van der Waals surface area (Å²) < 4.78 is 0. The van der Waals surface area contributed by atoms with Gasteiger partial charge in [-0.2, -0.15) is 0 Å². The normalized spacial score (nSPS) is 20.3. The molecule has 0 atom stereocenters. The Morgan fingerprint density at radius 3 is 2.48 bits per heavy atom. The van der Waals surface area contributed by atoms with E-state index in [2.05, 4.69) is 15.8 Å². The predicted molar refractivity (Wildman–Crippen MR) is 90.4 cm³/mol. The molecular formula is C16H9Cl2N3O2. The van der Waals surface area contributed by atoms with Gasteiger partial charge in [-0.05, 0) is 18.2 Å². The molecule has 114 valence electrons. The van der Waals surface area contributed by atoms with Crippen LogP contribution in [0.15, 0.2) is 47.3 Å². The molecule has 2 aromatic rings. The summed E-state index contributed by atoms with van der Waals surface area (Å²) in [4.78, 5) is 12.4. The van der Waals surface area contributed by atoms with Crippen LogP contribution in [0.4, 0.5) is 11.4 Å². The van der Waals surface area contributed by atoms with Crippen LogP contribution in [0, 0.1) is 0 Å². The second-order valence-electron chi connectivity index (χ2n) is 5.14. The molecule has 0 fully saturated rings. The van der Waals surface area contributed by atoms with E-state index < -0.39 is 0 Å². The lowest BCUT2D eigenvalue weighted by Crippen LogP contribution is -2.12. The van der Waals surface area contributed by atoms with Gasteiger partial charge in [0.1, 0.15) is 5.71 Å². The highest BCUT2D eigenvalue weighted by molar-refractivity contribution is 6.44. The fourth-order valence-electron chi connectivity index (χ4n) is 2.82. The maximum atomic E-state index is 12.4. The van der Waals surface area contributed by atoms with E-state index in [1.807, 2.05) is 24.3 Å². The number of carbonyl (C=O) groups excluding carboxylic acids is 1. The Labute approximate surface area is 141 Å². The monoisotopic (exact) mass is 345 g/mol. The average molecular weight is 346 g/mol. The number of amides is 1. The summed E-state index contributed by atoms with van der Waals surface area (Å²) in [6, 6.07) is 10.6. The van der Waals surface area contributed by atoms with Gasteiger partial charge in [-0.15, -0.1) is 0 Å². The molecule has 4 rings (SSSR count). The Bertz CT molecular complexity index is 935. The maximum Gasteiger partial charge on any atom is 0.258 e. The van der Waals surface area contributed by atoms with E-state index in [1.165, 1.54) is 0 Å². The standard InChI is InChI=1S/C16H9Cl2N3O2/c17-9-5-8-12(6-10(9)18)20-16(22)13(8)15-14(21-23)7-3-1-2-4-11(7)19-15/h1-6,19,23H,(H,20,22)/b15-13-,21-14+. The van der Waals surface area contributed by atoms with E-state index in [0.29, 0.717) is 38.3 Å². The van der Waals surface area contributed by atoms with Crippen molar-refractivity contribution in [1.82, 2.24) is 0 Å². The second kappa shape index (κ2) is 5.01. The maximum absolute atomic E-state index is 12.4. The summed E-state index contributed by atoms with van der Waals surface area (Å²) in [5.74, 6) is -0.310. The molecule has 7 heteroatoms. The summed E-state index contributed by atoms with van der Waals surface area (Å²) in [6.45, 7) is 0. The van der Waals surface area contributed by atoms with Crippen molar-refractivity contribution < 1.29 is 10.0 Å². The van der Waals surface area contributed by atoms with Gasteiger partial charge in [0, 0.05) is 16.8 Å². The van der Waals surface area contributed by atoms with Gasteiger partial charge in [-0.25, -0.2) is 0 Å². The molecule has 23 heavy (non-hydrogen) atoms. The second-order valence-corrected chi connectivity index (χ2v) is 5.95. The van der Waals surface area contributed by atoms with Crippen LogP contribution in [0.25, 0.3) is 5.57 Å². The molecule has 0 aromatic heterocycles. The molecule has 0 spiro atoms. The molecule has 0 radical (unpaired) electrons. The lowest BCUT2D eigenvalue weighted by molar-refractivity contribution is -0.110. The van der Waals surface area contributed by atoms with Crippen molar-refractivity contribution in [2.24, 2.45) is 5.16 Å². The summed E-state index contributed by atoms with van der Waals surface area (Å²) in [7, 11) is 0. The Hall–Kier alpha value is -2.50. The first kappa shape index (κ1) is 14.1. The summed E-state index contributed by atoms with van der Waals surface area (Å²) in [6.07, 6.45) is 0. The molecular weight excluding hydrogens is 337 g/mol. The molecule has 0 saturated heterocycles. The van der Waals surface area contributed by atoms with Gasteiger partial charge in [-0.3, -0.25) is 4.79 Å². The van der Waals surface area contributed by atoms with Gasteiger partial charge in [0.2, 0.25) is 0 Å². The van der Waals surface area contributed by atoms with Crippen molar-refractivity contribution in [3.63, 3.8) is 0 Å².